The SMILES string of the molecule is Cc1c(C(=O)O[C@H](C)C(=O)Nc2nc(-c3ccccc3)cs2)oc2ccccc12. The summed E-state index contributed by atoms with van der Waals surface area (Å²) in [5.74, 6) is -1.03. The first-order chi connectivity index (χ1) is 14.0. The number of anilines is 1. The zero-order valence-electron chi connectivity index (χ0n) is 15.8. The molecular weight excluding hydrogens is 388 g/mol. The van der Waals surface area contributed by atoms with Crippen molar-refractivity contribution in [3.05, 3.63) is 71.3 Å². The monoisotopic (exact) mass is 406 g/mol. The van der Waals surface area contributed by atoms with E-state index in [-0.39, 0.29) is 5.76 Å². The third-order valence-corrected chi connectivity index (χ3v) is 5.24. The van der Waals surface area contributed by atoms with Crippen LogP contribution in [0.25, 0.3) is 22.2 Å². The number of carbonyl (C=O) groups is 2. The van der Waals surface area contributed by atoms with Crippen molar-refractivity contribution >= 4 is 39.3 Å². The van der Waals surface area contributed by atoms with Crippen molar-refractivity contribution in [3.63, 3.8) is 0 Å². The van der Waals surface area contributed by atoms with Crippen LogP contribution in [0.5, 0.6) is 0 Å². The molecule has 29 heavy (non-hydrogen) atoms. The molecule has 0 unspecified atom stereocenters. The number of thiazole rings is 1. The molecule has 7 heteroatoms. The number of aromatic nitrogens is 1. The summed E-state index contributed by atoms with van der Waals surface area (Å²) in [6, 6.07) is 17.0. The average molecular weight is 406 g/mol. The molecule has 1 atom stereocenters. The fraction of sp³-hybridized carbons (Fsp3) is 0.136. The van der Waals surface area contributed by atoms with Gasteiger partial charge in [-0.05, 0) is 19.9 Å². The summed E-state index contributed by atoms with van der Waals surface area (Å²) in [6.07, 6.45) is -1.00. The van der Waals surface area contributed by atoms with Gasteiger partial charge >= 0.3 is 5.97 Å². The number of fused-ring (bicyclic) bond motifs is 1. The van der Waals surface area contributed by atoms with Crippen LogP contribution in [0.4, 0.5) is 5.13 Å². The molecular formula is C22H18N2O4S. The maximum Gasteiger partial charge on any atom is 0.375 e. The molecule has 4 aromatic rings. The number of ether oxygens (including phenoxy) is 1. The van der Waals surface area contributed by atoms with Gasteiger partial charge < -0.3 is 9.15 Å². The number of hydrogen-bond donors (Lipinski definition) is 1. The lowest BCUT2D eigenvalue weighted by Gasteiger charge is -2.11. The molecule has 0 aliphatic heterocycles. The van der Waals surface area contributed by atoms with E-state index in [1.165, 1.54) is 18.3 Å². The second-order valence-electron chi connectivity index (χ2n) is 6.49. The topological polar surface area (TPSA) is 81.4 Å². The lowest BCUT2D eigenvalue weighted by molar-refractivity contribution is -0.123. The van der Waals surface area contributed by atoms with Crippen LogP contribution in [0, 0.1) is 6.92 Å². The first-order valence-electron chi connectivity index (χ1n) is 9.04. The van der Waals surface area contributed by atoms with Crippen molar-refractivity contribution in [3.8, 4) is 11.3 Å². The maximum atomic E-state index is 12.5. The van der Waals surface area contributed by atoms with Crippen LogP contribution in [0.3, 0.4) is 0 Å². The highest BCUT2D eigenvalue weighted by molar-refractivity contribution is 7.14. The van der Waals surface area contributed by atoms with Crippen molar-refractivity contribution in [1.29, 1.82) is 0 Å². The number of nitrogens with zero attached hydrogens (tertiary/aromatic N) is 1. The fourth-order valence-corrected chi connectivity index (χ4v) is 3.64. The van der Waals surface area contributed by atoms with Crippen LogP contribution in [-0.2, 0) is 9.53 Å². The third-order valence-electron chi connectivity index (χ3n) is 4.49. The van der Waals surface area contributed by atoms with Crippen LogP contribution in [-0.4, -0.2) is 23.0 Å². The van der Waals surface area contributed by atoms with Crippen LogP contribution in [0.1, 0.15) is 23.0 Å². The number of amides is 1. The van der Waals surface area contributed by atoms with E-state index >= 15 is 0 Å². The number of furan rings is 1. The lowest BCUT2D eigenvalue weighted by atomic mass is 10.1. The van der Waals surface area contributed by atoms with Crippen LogP contribution < -0.4 is 5.32 Å². The summed E-state index contributed by atoms with van der Waals surface area (Å²) < 4.78 is 10.9. The molecule has 0 aliphatic rings. The van der Waals surface area contributed by atoms with Crippen molar-refractivity contribution in [1.82, 2.24) is 4.98 Å². The molecule has 0 saturated heterocycles. The zero-order valence-corrected chi connectivity index (χ0v) is 16.7. The second kappa shape index (κ2) is 7.89. The number of aryl methyl sites for hydroxylation is 1. The first kappa shape index (κ1) is 18.9. The van der Waals surface area contributed by atoms with Crippen molar-refractivity contribution in [2.75, 3.05) is 5.32 Å². The Morgan fingerprint density at radius 3 is 2.59 bits per heavy atom. The molecule has 1 N–H and O–H groups in total. The quantitative estimate of drug-likeness (QED) is 0.469. The van der Waals surface area contributed by atoms with Crippen molar-refractivity contribution in [2.45, 2.75) is 20.0 Å². The zero-order chi connectivity index (χ0) is 20.4. The number of hydrogen-bond acceptors (Lipinski definition) is 6. The Bertz CT molecular complexity index is 1180. The van der Waals surface area contributed by atoms with E-state index in [4.69, 9.17) is 9.15 Å². The van der Waals surface area contributed by atoms with Crippen LogP contribution >= 0.6 is 11.3 Å². The number of esters is 1. The molecule has 0 spiro atoms. The fourth-order valence-electron chi connectivity index (χ4n) is 2.92. The second-order valence-corrected chi connectivity index (χ2v) is 7.35. The summed E-state index contributed by atoms with van der Waals surface area (Å²) >= 11 is 1.31. The molecule has 146 valence electrons. The van der Waals surface area contributed by atoms with E-state index in [1.807, 2.05) is 53.9 Å². The summed E-state index contributed by atoms with van der Waals surface area (Å²) in [5.41, 5.74) is 3.02. The molecule has 1 amide bonds. The highest BCUT2D eigenvalue weighted by Gasteiger charge is 2.24. The highest BCUT2D eigenvalue weighted by atomic mass is 32.1. The molecule has 0 saturated carbocycles. The Morgan fingerprint density at radius 1 is 1.10 bits per heavy atom. The van der Waals surface area contributed by atoms with E-state index in [2.05, 4.69) is 10.3 Å². The molecule has 0 aliphatic carbocycles. The predicted molar refractivity (Wildman–Crippen MR) is 112 cm³/mol. The van der Waals surface area contributed by atoms with Gasteiger partial charge in [-0.1, -0.05) is 48.5 Å². The molecule has 2 aromatic carbocycles. The van der Waals surface area contributed by atoms with Gasteiger partial charge in [0, 0.05) is 21.9 Å². The van der Waals surface area contributed by atoms with Gasteiger partial charge in [-0.3, -0.25) is 10.1 Å². The third kappa shape index (κ3) is 3.90. The number of benzene rings is 2. The summed E-state index contributed by atoms with van der Waals surface area (Å²) in [4.78, 5) is 29.3. The Kier molecular flexibility index (Phi) is 5.14. The average Bonchev–Trinajstić information content (AvgIpc) is 3.33. The molecule has 0 fully saturated rings. The number of nitrogens with one attached hydrogen (secondary N) is 1. The van der Waals surface area contributed by atoms with Crippen LogP contribution in [0.2, 0.25) is 0 Å². The Balaban J connectivity index is 1.42. The van der Waals surface area contributed by atoms with Gasteiger partial charge in [0.05, 0.1) is 5.69 Å². The lowest BCUT2D eigenvalue weighted by Crippen LogP contribution is -2.30. The first-order valence-corrected chi connectivity index (χ1v) is 9.92. The minimum atomic E-state index is -1.00. The maximum absolute atomic E-state index is 12.5. The Morgan fingerprint density at radius 2 is 1.83 bits per heavy atom. The van der Waals surface area contributed by atoms with E-state index in [1.54, 1.807) is 13.0 Å². The van der Waals surface area contributed by atoms with E-state index in [0.29, 0.717) is 16.3 Å². The van der Waals surface area contributed by atoms with Gasteiger partial charge in [0.1, 0.15) is 5.58 Å². The summed E-state index contributed by atoms with van der Waals surface area (Å²) in [7, 11) is 0. The Labute approximate surface area is 171 Å². The van der Waals surface area contributed by atoms with Gasteiger partial charge in [0.15, 0.2) is 11.2 Å². The minimum absolute atomic E-state index is 0.103. The number of rotatable bonds is 5. The number of para-hydroxylation sites is 1. The smallest absolute Gasteiger partial charge is 0.375 e. The van der Waals surface area contributed by atoms with E-state index in [0.717, 1.165) is 16.6 Å². The molecule has 6 nitrogen and oxygen atoms in total. The molecule has 2 aromatic heterocycles. The van der Waals surface area contributed by atoms with Gasteiger partial charge in [0.2, 0.25) is 5.76 Å². The van der Waals surface area contributed by atoms with Crippen molar-refractivity contribution < 1.29 is 18.7 Å². The summed E-state index contributed by atoms with van der Waals surface area (Å²) in [5, 5.41) is 5.83. The van der Waals surface area contributed by atoms with Crippen molar-refractivity contribution in [2.24, 2.45) is 0 Å². The molecule has 0 radical (unpaired) electrons. The van der Waals surface area contributed by atoms with Gasteiger partial charge in [-0.2, -0.15) is 0 Å². The van der Waals surface area contributed by atoms with Gasteiger partial charge in [0.25, 0.3) is 5.91 Å². The standard InChI is InChI=1S/C22H18N2O4S/c1-13-16-10-6-7-11-18(16)28-19(13)21(26)27-14(2)20(25)24-22-23-17(12-29-22)15-8-4-3-5-9-15/h3-12,14H,1-2H3,(H,23,24,25)/t14-/m1/s1. The molecule has 4 rings (SSSR count). The predicted octanol–water partition coefficient (Wildman–Crippen LogP) is 5.05. The van der Waals surface area contributed by atoms with Gasteiger partial charge in [-0.25, -0.2) is 9.78 Å². The highest BCUT2D eigenvalue weighted by Crippen LogP contribution is 2.27. The Hall–Kier alpha value is -3.45. The van der Waals surface area contributed by atoms with Gasteiger partial charge in [-0.15, -0.1) is 11.3 Å². The van der Waals surface area contributed by atoms with E-state index < -0.39 is 18.0 Å². The molecule has 0 bridgehead atoms. The minimum Gasteiger partial charge on any atom is -0.449 e. The largest absolute Gasteiger partial charge is 0.449 e. The summed E-state index contributed by atoms with van der Waals surface area (Å²) in [6.45, 7) is 3.30. The number of carbonyl (C=O) groups excluding carboxylic acids is 2. The normalized spacial score (nSPS) is 11.9. The van der Waals surface area contributed by atoms with Crippen LogP contribution in [0.15, 0.2) is 64.4 Å². The molecule has 2 heterocycles. The van der Waals surface area contributed by atoms with E-state index in [9.17, 15) is 9.59 Å².